The minimum absolute atomic E-state index is 0.0180. The van der Waals surface area contributed by atoms with E-state index in [1.807, 2.05) is 24.3 Å². The van der Waals surface area contributed by atoms with Crippen molar-refractivity contribution in [1.29, 1.82) is 0 Å². The lowest BCUT2D eigenvalue weighted by Crippen LogP contribution is -2.38. The molecule has 1 aromatic carbocycles. The zero-order valence-corrected chi connectivity index (χ0v) is 19.6. The number of fused-ring (bicyclic) bond motifs is 3. The molecule has 0 spiro atoms. The number of rotatable bonds is 5. The van der Waals surface area contributed by atoms with Gasteiger partial charge in [-0.25, -0.2) is 4.98 Å². The van der Waals surface area contributed by atoms with Gasteiger partial charge in [-0.3, -0.25) is 14.2 Å². The fraction of sp³-hybridized carbons (Fsp3) is 0.625. The molecule has 1 saturated heterocycles. The smallest absolute Gasteiger partial charge is 0.262 e. The summed E-state index contributed by atoms with van der Waals surface area (Å²) in [5, 5.41) is 1.28. The van der Waals surface area contributed by atoms with Crippen molar-refractivity contribution in [1.82, 2.24) is 14.5 Å². The minimum atomic E-state index is -0.0180. The van der Waals surface area contributed by atoms with E-state index in [-0.39, 0.29) is 22.3 Å². The Bertz CT molecular complexity index is 1030. The van der Waals surface area contributed by atoms with Crippen LogP contribution in [0.25, 0.3) is 10.9 Å². The number of para-hydroxylation sites is 1. The normalized spacial score (nSPS) is 25.3. The van der Waals surface area contributed by atoms with Gasteiger partial charge in [0.1, 0.15) is 0 Å². The highest BCUT2D eigenvalue weighted by Gasteiger charge is 2.50. The van der Waals surface area contributed by atoms with E-state index in [1.165, 1.54) is 18.2 Å². The van der Waals surface area contributed by atoms with E-state index < -0.39 is 0 Å². The third kappa shape index (κ3) is 4.16. The van der Waals surface area contributed by atoms with Crippen molar-refractivity contribution in [3.05, 3.63) is 34.6 Å². The first-order valence-corrected chi connectivity index (χ1v) is 12.0. The number of benzene rings is 1. The maximum atomic E-state index is 13.2. The molecule has 5 nitrogen and oxygen atoms in total. The molecule has 2 aliphatic rings. The average Bonchev–Trinajstić information content (AvgIpc) is 2.91. The molecule has 2 aromatic rings. The van der Waals surface area contributed by atoms with Crippen LogP contribution in [0.1, 0.15) is 53.9 Å². The van der Waals surface area contributed by atoms with E-state index in [9.17, 15) is 9.59 Å². The largest absolute Gasteiger partial charge is 0.338 e. The number of hydrogen-bond donors (Lipinski definition) is 0. The zero-order valence-electron chi connectivity index (χ0n) is 18.8. The number of carbonyl (C=O) groups excluding carboxylic acids is 1. The summed E-state index contributed by atoms with van der Waals surface area (Å²) < 4.78 is 1.75. The van der Waals surface area contributed by atoms with E-state index in [4.69, 9.17) is 4.98 Å². The van der Waals surface area contributed by atoms with Crippen LogP contribution in [0.5, 0.6) is 0 Å². The summed E-state index contributed by atoms with van der Waals surface area (Å²) in [5.41, 5.74) is 1.20. The van der Waals surface area contributed by atoms with Gasteiger partial charge in [0.15, 0.2) is 5.16 Å². The van der Waals surface area contributed by atoms with Gasteiger partial charge in [-0.1, -0.05) is 58.5 Å². The molecule has 2 unspecified atom stereocenters. The molecule has 1 saturated carbocycles. The highest BCUT2D eigenvalue weighted by atomic mass is 32.2. The fourth-order valence-electron chi connectivity index (χ4n) is 5.74. The predicted molar refractivity (Wildman–Crippen MR) is 123 cm³/mol. The van der Waals surface area contributed by atoms with Gasteiger partial charge in [0.2, 0.25) is 5.91 Å². The lowest BCUT2D eigenvalue weighted by atomic mass is 9.65. The number of nitrogens with zero attached hydrogens (tertiary/aromatic N) is 3. The molecule has 1 aliphatic carbocycles. The Labute approximate surface area is 183 Å². The number of aromatic nitrogens is 2. The third-order valence-corrected chi connectivity index (χ3v) is 7.40. The Morgan fingerprint density at radius 2 is 1.97 bits per heavy atom. The van der Waals surface area contributed by atoms with Crippen molar-refractivity contribution in [2.45, 2.75) is 71.6 Å². The molecule has 1 aliphatic heterocycles. The van der Waals surface area contributed by atoms with Crippen LogP contribution in [-0.4, -0.2) is 38.7 Å². The Hall–Kier alpha value is -1.82. The molecule has 6 heteroatoms. The van der Waals surface area contributed by atoms with Crippen molar-refractivity contribution in [3.63, 3.8) is 0 Å². The number of likely N-dealkylation sites (tertiary alicyclic amines) is 1. The molecule has 1 aromatic heterocycles. The molecular formula is C24H33N3O2S. The minimum Gasteiger partial charge on any atom is -0.338 e. The van der Waals surface area contributed by atoms with E-state index in [0.29, 0.717) is 40.3 Å². The van der Waals surface area contributed by atoms with Crippen molar-refractivity contribution in [2.75, 3.05) is 12.3 Å². The van der Waals surface area contributed by atoms with Crippen LogP contribution in [0.2, 0.25) is 0 Å². The molecule has 2 bridgehead atoms. The Morgan fingerprint density at radius 1 is 1.23 bits per heavy atom. The molecule has 2 fully saturated rings. The summed E-state index contributed by atoms with van der Waals surface area (Å²) in [4.78, 5) is 33.1. The van der Waals surface area contributed by atoms with Crippen molar-refractivity contribution in [2.24, 2.45) is 16.7 Å². The molecule has 162 valence electrons. The SMILES string of the molecule is CC(C)Cn1c(SCC(=O)N2CC3(C)CC2CC(C)(C)C3)nc2ccccc2c1=O. The monoisotopic (exact) mass is 427 g/mol. The van der Waals surface area contributed by atoms with Crippen LogP contribution in [0.4, 0.5) is 0 Å². The summed E-state index contributed by atoms with van der Waals surface area (Å²) in [6.07, 6.45) is 3.36. The molecule has 4 rings (SSSR count). The van der Waals surface area contributed by atoms with E-state index in [2.05, 4.69) is 39.5 Å². The maximum Gasteiger partial charge on any atom is 0.262 e. The molecule has 1 amide bonds. The van der Waals surface area contributed by atoms with Gasteiger partial charge in [-0.05, 0) is 48.1 Å². The van der Waals surface area contributed by atoms with Crippen LogP contribution >= 0.6 is 11.8 Å². The van der Waals surface area contributed by atoms with Crippen LogP contribution in [-0.2, 0) is 11.3 Å². The van der Waals surface area contributed by atoms with Crippen LogP contribution in [0.15, 0.2) is 34.2 Å². The zero-order chi connectivity index (χ0) is 21.7. The molecule has 0 N–H and O–H groups in total. The fourth-order valence-corrected chi connectivity index (χ4v) is 6.64. The second kappa shape index (κ2) is 7.70. The number of thioether (sulfide) groups is 1. The first-order valence-electron chi connectivity index (χ1n) is 11.0. The summed E-state index contributed by atoms with van der Waals surface area (Å²) in [6, 6.07) is 7.81. The van der Waals surface area contributed by atoms with Gasteiger partial charge < -0.3 is 4.90 Å². The first-order chi connectivity index (χ1) is 14.1. The van der Waals surface area contributed by atoms with Gasteiger partial charge in [0.25, 0.3) is 5.56 Å². The van der Waals surface area contributed by atoms with Crippen LogP contribution in [0.3, 0.4) is 0 Å². The van der Waals surface area contributed by atoms with Gasteiger partial charge in [0.05, 0.1) is 16.7 Å². The van der Waals surface area contributed by atoms with Gasteiger partial charge in [-0.2, -0.15) is 0 Å². The summed E-state index contributed by atoms with van der Waals surface area (Å²) >= 11 is 1.41. The summed E-state index contributed by atoms with van der Waals surface area (Å²) in [7, 11) is 0. The number of hydrogen-bond acceptors (Lipinski definition) is 4. The molecule has 0 radical (unpaired) electrons. The second-order valence-electron chi connectivity index (χ2n) is 10.7. The quantitative estimate of drug-likeness (QED) is 0.518. The van der Waals surface area contributed by atoms with Gasteiger partial charge >= 0.3 is 0 Å². The highest BCUT2D eigenvalue weighted by Crippen LogP contribution is 2.52. The van der Waals surface area contributed by atoms with Gasteiger partial charge in [0, 0.05) is 19.1 Å². The van der Waals surface area contributed by atoms with E-state index >= 15 is 0 Å². The van der Waals surface area contributed by atoms with E-state index in [0.717, 1.165) is 19.4 Å². The average molecular weight is 428 g/mol. The summed E-state index contributed by atoms with van der Waals surface area (Å²) in [5.74, 6) is 0.821. The molecule has 2 heterocycles. The molecular weight excluding hydrogens is 394 g/mol. The van der Waals surface area contributed by atoms with Crippen molar-refractivity contribution in [3.8, 4) is 0 Å². The standard InChI is InChI=1S/C24H33N3O2S/c1-16(2)12-26-21(29)18-8-6-7-9-19(18)25-22(26)30-13-20(28)27-15-24(5)11-17(27)10-23(3,4)14-24/h6-9,16-17H,10-15H2,1-5H3. The Kier molecular flexibility index (Phi) is 5.50. The Morgan fingerprint density at radius 3 is 2.70 bits per heavy atom. The van der Waals surface area contributed by atoms with Crippen LogP contribution < -0.4 is 5.56 Å². The molecule has 30 heavy (non-hydrogen) atoms. The number of amides is 1. The highest BCUT2D eigenvalue weighted by molar-refractivity contribution is 7.99. The predicted octanol–water partition coefficient (Wildman–Crippen LogP) is 4.57. The topological polar surface area (TPSA) is 55.2 Å². The van der Waals surface area contributed by atoms with Crippen LogP contribution in [0, 0.1) is 16.7 Å². The Balaban J connectivity index is 1.56. The lowest BCUT2D eigenvalue weighted by molar-refractivity contribution is -0.129. The number of carbonyl (C=O) groups is 1. The van der Waals surface area contributed by atoms with Gasteiger partial charge in [-0.15, -0.1) is 0 Å². The van der Waals surface area contributed by atoms with Crippen molar-refractivity contribution >= 4 is 28.6 Å². The van der Waals surface area contributed by atoms with Crippen molar-refractivity contribution < 1.29 is 4.79 Å². The third-order valence-electron chi connectivity index (χ3n) is 6.43. The maximum absolute atomic E-state index is 13.2. The van der Waals surface area contributed by atoms with E-state index in [1.54, 1.807) is 4.57 Å². The summed E-state index contributed by atoms with van der Waals surface area (Å²) in [6.45, 7) is 12.6. The first kappa shape index (κ1) is 21.4. The second-order valence-corrected chi connectivity index (χ2v) is 11.7. The molecule has 2 atom stereocenters. The lowest BCUT2D eigenvalue weighted by Gasteiger charge is -2.39.